The molecule has 1 amide bonds. The standard InChI is InChI=1S/C22H28FN3O/c1-16-4-5-19(14-17(16)2)22(27)24-15-21(18-6-8-20(23)9-7-18)26-12-10-25(3)11-13-26/h4-9,14,21H,10-13,15H2,1-3H3,(H,24,27)/t21-/m1/s1. The lowest BCUT2D eigenvalue weighted by molar-refractivity contribution is 0.0886. The number of aryl methyl sites for hydroxylation is 2. The van der Waals surface area contributed by atoms with Crippen molar-refractivity contribution >= 4 is 5.91 Å². The van der Waals surface area contributed by atoms with Crippen molar-refractivity contribution in [1.29, 1.82) is 0 Å². The Morgan fingerprint density at radius 3 is 2.33 bits per heavy atom. The van der Waals surface area contributed by atoms with Crippen molar-refractivity contribution in [2.45, 2.75) is 19.9 Å². The Hall–Kier alpha value is -2.24. The Kier molecular flexibility index (Phi) is 6.24. The number of halogens is 1. The largest absolute Gasteiger partial charge is 0.350 e. The molecule has 1 atom stereocenters. The van der Waals surface area contributed by atoms with E-state index in [4.69, 9.17) is 0 Å². The van der Waals surface area contributed by atoms with Gasteiger partial charge in [0.1, 0.15) is 5.82 Å². The molecular formula is C22H28FN3O. The van der Waals surface area contributed by atoms with Crippen LogP contribution in [-0.4, -0.2) is 55.5 Å². The average molecular weight is 369 g/mol. The number of nitrogens with zero attached hydrogens (tertiary/aromatic N) is 2. The number of rotatable bonds is 5. The number of piperazine rings is 1. The maximum atomic E-state index is 13.4. The van der Waals surface area contributed by atoms with Crippen LogP contribution in [0.1, 0.15) is 33.1 Å². The van der Waals surface area contributed by atoms with Crippen LogP contribution >= 0.6 is 0 Å². The number of carbonyl (C=O) groups is 1. The molecule has 0 bridgehead atoms. The van der Waals surface area contributed by atoms with E-state index in [2.05, 4.69) is 22.2 Å². The van der Waals surface area contributed by atoms with Crippen LogP contribution in [0.3, 0.4) is 0 Å². The van der Waals surface area contributed by atoms with Gasteiger partial charge in [-0.1, -0.05) is 18.2 Å². The molecule has 144 valence electrons. The van der Waals surface area contributed by atoms with Crippen molar-refractivity contribution in [3.05, 3.63) is 70.5 Å². The van der Waals surface area contributed by atoms with Crippen LogP contribution < -0.4 is 5.32 Å². The van der Waals surface area contributed by atoms with Gasteiger partial charge < -0.3 is 10.2 Å². The van der Waals surface area contributed by atoms with Crippen LogP contribution in [0.25, 0.3) is 0 Å². The Morgan fingerprint density at radius 2 is 1.70 bits per heavy atom. The average Bonchev–Trinajstić information content (AvgIpc) is 2.66. The second kappa shape index (κ2) is 8.63. The van der Waals surface area contributed by atoms with E-state index in [0.29, 0.717) is 12.1 Å². The summed E-state index contributed by atoms with van der Waals surface area (Å²) < 4.78 is 13.4. The molecule has 3 rings (SSSR count). The predicted molar refractivity (Wildman–Crippen MR) is 106 cm³/mol. The van der Waals surface area contributed by atoms with E-state index >= 15 is 0 Å². The fourth-order valence-electron chi connectivity index (χ4n) is 3.45. The lowest BCUT2D eigenvalue weighted by atomic mass is 10.0. The quantitative estimate of drug-likeness (QED) is 0.879. The molecular weight excluding hydrogens is 341 g/mol. The molecule has 27 heavy (non-hydrogen) atoms. The zero-order valence-corrected chi connectivity index (χ0v) is 16.3. The number of benzene rings is 2. The number of amides is 1. The summed E-state index contributed by atoms with van der Waals surface area (Å²) in [5.74, 6) is -0.311. The summed E-state index contributed by atoms with van der Waals surface area (Å²) >= 11 is 0. The van der Waals surface area contributed by atoms with Crippen LogP contribution in [0.5, 0.6) is 0 Å². The lowest BCUT2D eigenvalue weighted by Crippen LogP contribution is -2.48. The molecule has 1 saturated heterocycles. The number of likely N-dealkylation sites (N-methyl/N-ethyl adjacent to an activating group) is 1. The topological polar surface area (TPSA) is 35.6 Å². The van der Waals surface area contributed by atoms with Gasteiger partial charge in [0, 0.05) is 38.3 Å². The smallest absolute Gasteiger partial charge is 0.251 e. The maximum Gasteiger partial charge on any atom is 0.251 e. The summed E-state index contributed by atoms with van der Waals surface area (Å²) in [6.45, 7) is 8.38. The monoisotopic (exact) mass is 369 g/mol. The number of carbonyl (C=O) groups excluding carboxylic acids is 1. The second-order valence-electron chi connectivity index (χ2n) is 7.42. The highest BCUT2D eigenvalue weighted by molar-refractivity contribution is 5.94. The molecule has 0 saturated carbocycles. The molecule has 1 aliphatic heterocycles. The molecule has 5 heteroatoms. The molecule has 0 aliphatic carbocycles. The fourth-order valence-corrected chi connectivity index (χ4v) is 3.45. The highest BCUT2D eigenvalue weighted by atomic mass is 19.1. The molecule has 2 aromatic rings. The van der Waals surface area contributed by atoms with E-state index in [9.17, 15) is 9.18 Å². The van der Waals surface area contributed by atoms with Crippen molar-refractivity contribution in [1.82, 2.24) is 15.1 Å². The third-order valence-electron chi connectivity index (χ3n) is 5.46. The Morgan fingerprint density at radius 1 is 1.04 bits per heavy atom. The zero-order chi connectivity index (χ0) is 19.4. The first-order valence-electron chi connectivity index (χ1n) is 9.47. The minimum atomic E-state index is -0.241. The van der Waals surface area contributed by atoms with Gasteiger partial charge in [-0.2, -0.15) is 0 Å². The molecule has 1 aliphatic rings. The van der Waals surface area contributed by atoms with Gasteiger partial charge in [0.2, 0.25) is 0 Å². The first kappa shape index (κ1) is 19.5. The third kappa shape index (κ3) is 4.93. The zero-order valence-electron chi connectivity index (χ0n) is 16.3. The minimum absolute atomic E-state index is 0.0368. The molecule has 0 unspecified atom stereocenters. The Bertz CT molecular complexity index is 783. The van der Waals surface area contributed by atoms with E-state index in [0.717, 1.165) is 37.3 Å². The van der Waals surface area contributed by atoms with E-state index in [-0.39, 0.29) is 17.8 Å². The Labute approximate surface area is 161 Å². The summed E-state index contributed by atoms with van der Waals surface area (Å²) in [4.78, 5) is 17.3. The van der Waals surface area contributed by atoms with Gasteiger partial charge in [-0.3, -0.25) is 9.69 Å². The summed E-state index contributed by atoms with van der Waals surface area (Å²) in [6, 6.07) is 12.4. The van der Waals surface area contributed by atoms with Gasteiger partial charge in [0.05, 0.1) is 6.04 Å². The van der Waals surface area contributed by atoms with Gasteiger partial charge in [0.25, 0.3) is 5.91 Å². The van der Waals surface area contributed by atoms with Gasteiger partial charge in [-0.05, 0) is 61.9 Å². The highest BCUT2D eigenvalue weighted by Gasteiger charge is 2.24. The van der Waals surface area contributed by atoms with Crippen molar-refractivity contribution < 1.29 is 9.18 Å². The van der Waals surface area contributed by atoms with Gasteiger partial charge in [-0.25, -0.2) is 4.39 Å². The number of hydrogen-bond donors (Lipinski definition) is 1. The van der Waals surface area contributed by atoms with E-state index in [1.165, 1.54) is 17.7 Å². The van der Waals surface area contributed by atoms with Crippen LogP contribution in [0, 0.1) is 19.7 Å². The summed E-state index contributed by atoms with van der Waals surface area (Å²) in [6.07, 6.45) is 0. The van der Waals surface area contributed by atoms with E-state index < -0.39 is 0 Å². The van der Waals surface area contributed by atoms with Crippen molar-refractivity contribution in [2.24, 2.45) is 0 Å². The lowest BCUT2D eigenvalue weighted by Gasteiger charge is -2.38. The minimum Gasteiger partial charge on any atom is -0.350 e. The molecule has 0 aromatic heterocycles. The summed E-state index contributed by atoms with van der Waals surface area (Å²) in [5, 5.41) is 3.08. The van der Waals surface area contributed by atoms with Gasteiger partial charge >= 0.3 is 0 Å². The summed E-state index contributed by atoms with van der Waals surface area (Å²) in [5.41, 5.74) is 3.99. The van der Waals surface area contributed by atoms with Crippen LogP contribution in [0.4, 0.5) is 4.39 Å². The second-order valence-corrected chi connectivity index (χ2v) is 7.42. The molecule has 1 heterocycles. The first-order valence-corrected chi connectivity index (χ1v) is 9.47. The number of hydrogen-bond acceptors (Lipinski definition) is 3. The fraction of sp³-hybridized carbons (Fsp3) is 0.409. The van der Waals surface area contributed by atoms with Crippen molar-refractivity contribution in [3.8, 4) is 0 Å². The van der Waals surface area contributed by atoms with Crippen molar-refractivity contribution in [3.63, 3.8) is 0 Å². The Balaban J connectivity index is 1.73. The van der Waals surface area contributed by atoms with Crippen LogP contribution in [0.2, 0.25) is 0 Å². The molecule has 0 spiro atoms. The number of nitrogens with one attached hydrogen (secondary N) is 1. The molecule has 0 radical (unpaired) electrons. The van der Waals surface area contributed by atoms with E-state index in [1.807, 2.05) is 44.2 Å². The van der Waals surface area contributed by atoms with Crippen LogP contribution in [0.15, 0.2) is 42.5 Å². The maximum absolute atomic E-state index is 13.4. The molecule has 4 nitrogen and oxygen atoms in total. The van der Waals surface area contributed by atoms with Crippen LogP contribution in [-0.2, 0) is 0 Å². The first-order chi connectivity index (χ1) is 12.9. The molecule has 1 fully saturated rings. The van der Waals surface area contributed by atoms with Crippen molar-refractivity contribution in [2.75, 3.05) is 39.8 Å². The molecule has 1 N–H and O–H groups in total. The highest BCUT2D eigenvalue weighted by Crippen LogP contribution is 2.22. The van der Waals surface area contributed by atoms with E-state index in [1.54, 1.807) is 0 Å². The van der Waals surface area contributed by atoms with Gasteiger partial charge in [-0.15, -0.1) is 0 Å². The third-order valence-corrected chi connectivity index (χ3v) is 5.46. The molecule has 2 aromatic carbocycles. The van der Waals surface area contributed by atoms with Gasteiger partial charge in [0.15, 0.2) is 0 Å². The SMILES string of the molecule is Cc1ccc(C(=O)NC[C@H](c2ccc(F)cc2)N2CCN(C)CC2)cc1C. The summed E-state index contributed by atoms with van der Waals surface area (Å²) in [7, 11) is 2.12. The predicted octanol–water partition coefficient (Wildman–Crippen LogP) is 3.16. The normalized spacial score (nSPS) is 16.9.